The van der Waals surface area contributed by atoms with Crippen LogP contribution in [0.15, 0.2) is 36.7 Å². The maximum Gasteiger partial charge on any atom is 0.226 e. The lowest BCUT2D eigenvalue weighted by atomic mass is 10.2. The first-order valence-corrected chi connectivity index (χ1v) is 5.47. The number of hydrogen-bond acceptors (Lipinski definition) is 3. The van der Waals surface area contributed by atoms with Crippen molar-refractivity contribution in [3.05, 3.63) is 42.5 Å². The third kappa shape index (κ3) is 3.07. The summed E-state index contributed by atoms with van der Waals surface area (Å²) >= 11 is 0. The van der Waals surface area contributed by atoms with Gasteiger partial charge in [0, 0.05) is 25.4 Å². The van der Waals surface area contributed by atoms with Crippen LogP contribution in [-0.4, -0.2) is 15.7 Å². The molecule has 1 amide bonds. The maximum absolute atomic E-state index is 13.0. The molecule has 2 rings (SSSR count). The molecular formula is C12H13FN4O. The number of nitrogens with one attached hydrogen (secondary N) is 1. The van der Waals surface area contributed by atoms with Crippen molar-refractivity contribution in [3.8, 4) is 0 Å². The second-order valence-electron chi connectivity index (χ2n) is 3.80. The first kappa shape index (κ1) is 12.1. The fourth-order valence-corrected chi connectivity index (χ4v) is 1.50. The molecule has 0 fully saturated rings. The number of nitrogens with two attached hydrogens (primary N) is 1. The molecule has 18 heavy (non-hydrogen) atoms. The molecule has 6 heteroatoms. The number of nitrogens with zero attached hydrogens (tertiary/aromatic N) is 2. The Labute approximate surface area is 103 Å². The molecule has 2 aromatic rings. The molecule has 1 aromatic heterocycles. The van der Waals surface area contributed by atoms with Crippen molar-refractivity contribution in [2.75, 3.05) is 11.1 Å². The molecule has 0 radical (unpaired) electrons. The molecule has 1 aromatic carbocycles. The zero-order valence-electron chi connectivity index (χ0n) is 9.64. The fraction of sp³-hybridized carbons (Fsp3) is 0.167. The highest BCUT2D eigenvalue weighted by molar-refractivity contribution is 5.93. The van der Waals surface area contributed by atoms with Crippen LogP contribution in [0.25, 0.3) is 0 Å². The Kier molecular flexibility index (Phi) is 3.57. The van der Waals surface area contributed by atoms with Crippen LogP contribution in [0.4, 0.5) is 15.8 Å². The number of hydrogen-bond donors (Lipinski definition) is 2. The van der Waals surface area contributed by atoms with Gasteiger partial charge in [-0.2, -0.15) is 5.10 Å². The summed E-state index contributed by atoms with van der Waals surface area (Å²) in [5.74, 6) is -0.672. The molecular weight excluding hydrogens is 235 g/mol. The summed E-state index contributed by atoms with van der Waals surface area (Å²) in [5.41, 5.74) is 6.26. The third-order valence-corrected chi connectivity index (χ3v) is 2.42. The Morgan fingerprint density at radius 1 is 1.50 bits per heavy atom. The SMILES string of the molecule is Nc1ccc(F)cc1NC(=O)CCn1cccn1. The number of benzene rings is 1. The first-order valence-electron chi connectivity index (χ1n) is 5.47. The van der Waals surface area contributed by atoms with E-state index in [0.29, 0.717) is 17.9 Å². The molecule has 5 nitrogen and oxygen atoms in total. The number of amides is 1. The highest BCUT2D eigenvalue weighted by Gasteiger charge is 2.06. The minimum absolute atomic E-state index is 0.234. The summed E-state index contributed by atoms with van der Waals surface area (Å²) in [6.45, 7) is 0.466. The second-order valence-corrected chi connectivity index (χ2v) is 3.80. The summed E-state index contributed by atoms with van der Waals surface area (Å²) < 4.78 is 14.6. The molecule has 0 unspecified atom stereocenters. The van der Waals surface area contributed by atoms with Crippen LogP contribution in [-0.2, 0) is 11.3 Å². The normalized spacial score (nSPS) is 10.3. The average Bonchev–Trinajstić information content (AvgIpc) is 2.84. The number of aryl methyl sites for hydroxylation is 1. The smallest absolute Gasteiger partial charge is 0.226 e. The molecule has 0 aliphatic heterocycles. The van der Waals surface area contributed by atoms with Gasteiger partial charge in [0.25, 0.3) is 0 Å². The van der Waals surface area contributed by atoms with Gasteiger partial charge in [0.05, 0.1) is 11.4 Å². The van der Waals surface area contributed by atoms with Gasteiger partial charge < -0.3 is 11.1 Å². The van der Waals surface area contributed by atoms with Gasteiger partial charge in [-0.15, -0.1) is 0 Å². The second kappa shape index (κ2) is 5.31. The van der Waals surface area contributed by atoms with Gasteiger partial charge in [0.1, 0.15) is 5.82 Å². The van der Waals surface area contributed by atoms with E-state index in [1.54, 1.807) is 23.1 Å². The van der Waals surface area contributed by atoms with Gasteiger partial charge in [0.15, 0.2) is 0 Å². The standard InChI is InChI=1S/C12H13FN4O/c13-9-2-3-10(14)11(8-9)16-12(18)4-7-17-6-1-5-15-17/h1-3,5-6,8H,4,7,14H2,(H,16,18). The van der Waals surface area contributed by atoms with Gasteiger partial charge in [-0.1, -0.05) is 0 Å². The average molecular weight is 248 g/mol. The van der Waals surface area contributed by atoms with E-state index in [9.17, 15) is 9.18 Å². The van der Waals surface area contributed by atoms with Crippen molar-refractivity contribution >= 4 is 17.3 Å². The number of carbonyl (C=O) groups is 1. The van der Waals surface area contributed by atoms with E-state index >= 15 is 0 Å². The molecule has 1 heterocycles. The molecule has 3 N–H and O–H groups in total. The Morgan fingerprint density at radius 2 is 2.33 bits per heavy atom. The Balaban J connectivity index is 1.92. The van der Waals surface area contributed by atoms with E-state index in [4.69, 9.17) is 5.73 Å². The Morgan fingerprint density at radius 3 is 3.06 bits per heavy atom. The molecule has 0 atom stereocenters. The van der Waals surface area contributed by atoms with E-state index < -0.39 is 5.82 Å². The monoisotopic (exact) mass is 248 g/mol. The quantitative estimate of drug-likeness (QED) is 0.808. The number of aromatic nitrogens is 2. The van der Waals surface area contributed by atoms with Crippen LogP contribution < -0.4 is 11.1 Å². The minimum atomic E-state index is -0.438. The van der Waals surface area contributed by atoms with E-state index in [2.05, 4.69) is 10.4 Å². The van der Waals surface area contributed by atoms with Gasteiger partial charge in [0.2, 0.25) is 5.91 Å². The summed E-state index contributed by atoms with van der Waals surface area (Å²) in [6.07, 6.45) is 3.66. The number of nitrogen functional groups attached to an aromatic ring is 1. The largest absolute Gasteiger partial charge is 0.397 e. The van der Waals surface area contributed by atoms with Crippen LogP contribution in [0, 0.1) is 5.82 Å². The summed E-state index contributed by atoms with van der Waals surface area (Å²) in [7, 11) is 0. The van der Waals surface area contributed by atoms with Crippen molar-refractivity contribution in [2.24, 2.45) is 0 Å². The van der Waals surface area contributed by atoms with E-state index in [-0.39, 0.29) is 12.3 Å². The lowest BCUT2D eigenvalue weighted by Crippen LogP contribution is -2.15. The van der Waals surface area contributed by atoms with Gasteiger partial charge in [-0.3, -0.25) is 9.48 Å². The molecule has 0 bridgehead atoms. The van der Waals surface area contributed by atoms with Crippen LogP contribution >= 0.6 is 0 Å². The van der Waals surface area contributed by atoms with E-state index in [1.165, 1.54) is 18.2 Å². The highest BCUT2D eigenvalue weighted by Crippen LogP contribution is 2.19. The molecule has 0 saturated heterocycles. The Bertz CT molecular complexity index is 539. The van der Waals surface area contributed by atoms with Crippen molar-refractivity contribution in [1.29, 1.82) is 0 Å². The molecule has 0 spiro atoms. The number of halogens is 1. The zero-order valence-corrected chi connectivity index (χ0v) is 9.64. The molecule has 94 valence electrons. The minimum Gasteiger partial charge on any atom is -0.397 e. The molecule has 0 aliphatic rings. The van der Waals surface area contributed by atoms with Crippen LogP contribution in [0.1, 0.15) is 6.42 Å². The summed E-state index contributed by atoms with van der Waals surface area (Å²) in [4.78, 5) is 11.6. The number of carbonyl (C=O) groups excluding carboxylic acids is 1. The van der Waals surface area contributed by atoms with Crippen LogP contribution in [0.2, 0.25) is 0 Å². The molecule has 0 aliphatic carbocycles. The lowest BCUT2D eigenvalue weighted by molar-refractivity contribution is -0.116. The summed E-state index contributed by atoms with van der Waals surface area (Å²) in [5, 5.41) is 6.55. The highest BCUT2D eigenvalue weighted by atomic mass is 19.1. The maximum atomic E-state index is 13.0. The van der Waals surface area contributed by atoms with Crippen molar-refractivity contribution in [2.45, 2.75) is 13.0 Å². The van der Waals surface area contributed by atoms with Gasteiger partial charge >= 0.3 is 0 Å². The van der Waals surface area contributed by atoms with Crippen LogP contribution in [0.5, 0.6) is 0 Å². The fourth-order valence-electron chi connectivity index (χ4n) is 1.50. The van der Waals surface area contributed by atoms with E-state index in [0.717, 1.165) is 0 Å². The number of anilines is 2. The first-order chi connectivity index (χ1) is 8.65. The predicted molar refractivity (Wildman–Crippen MR) is 66.3 cm³/mol. The topological polar surface area (TPSA) is 72.9 Å². The summed E-state index contributed by atoms with van der Waals surface area (Å²) in [6, 6.07) is 5.64. The zero-order chi connectivity index (χ0) is 13.0. The van der Waals surface area contributed by atoms with E-state index in [1.807, 2.05) is 0 Å². The van der Waals surface area contributed by atoms with Gasteiger partial charge in [-0.25, -0.2) is 4.39 Å². The van der Waals surface area contributed by atoms with Gasteiger partial charge in [-0.05, 0) is 24.3 Å². The number of rotatable bonds is 4. The van der Waals surface area contributed by atoms with Crippen molar-refractivity contribution < 1.29 is 9.18 Å². The van der Waals surface area contributed by atoms with Crippen molar-refractivity contribution in [3.63, 3.8) is 0 Å². The predicted octanol–water partition coefficient (Wildman–Crippen LogP) is 1.63. The van der Waals surface area contributed by atoms with Crippen molar-refractivity contribution in [1.82, 2.24) is 9.78 Å². The van der Waals surface area contributed by atoms with Crippen LogP contribution in [0.3, 0.4) is 0 Å². The third-order valence-electron chi connectivity index (χ3n) is 2.42. The Hall–Kier alpha value is -2.37. The lowest BCUT2D eigenvalue weighted by Gasteiger charge is -2.08. The molecule has 0 saturated carbocycles.